The number of nitrogens with one attached hydrogen (secondary N) is 1. The molecule has 0 radical (unpaired) electrons. The van der Waals surface area contributed by atoms with Gasteiger partial charge < -0.3 is 9.08 Å². The Morgan fingerprint density at radius 2 is 2.70 bits per heavy atom. The molecule has 0 aliphatic carbocycles. The minimum absolute atomic E-state index is 0.222. The third-order valence-corrected chi connectivity index (χ3v) is 1.26. The summed E-state index contributed by atoms with van der Waals surface area (Å²) in [7, 11) is 0. The fourth-order valence-corrected chi connectivity index (χ4v) is 0.741. The predicted octanol–water partition coefficient (Wildman–Crippen LogP) is -0.442. The second kappa shape index (κ2) is 3.45. The third-order valence-electron chi connectivity index (χ3n) is 0.878. The van der Waals surface area contributed by atoms with Gasteiger partial charge in [0.1, 0.15) is 6.26 Å². The Morgan fingerprint density at radius 1 is 1.90 bits per heavy atom. The third kappa shape index (κ3) is 2.26. The van der Waals surface area contributed by atoms with E-state index in [1.54, 1.807) is 0 Å². The molecule has 0 aliphatic heterocycles. The van der Waals surface area contributed by atoms with Gasteiger partial charge in [-0.1, -0.05) is 5.16 Å². The highest BCUT2D eigenvalue weighted by molar-refractivity contribution is 7.77. The lowest BCUT2D eigenvalue weighted by molar-refractivity contribution is 0.418. The molecule has 0 amide bonds. The zero-order valence-corrected chi connectivity index (χ0v) is 5.76. The summed E-state index contributed by atoms with van der Waals surface area (Å²) in [5.74, 6) is 0. The van der Waals surface area contributed by atoms with Crippen LogP contribution in [0.4, 0.5) is 0 Å². The fourth-order valence-electron chi connectivity index (χ4n) is 0.456. The molecule has 1 rings (SSSR count). The van der Waals surface area contributed by atoms with Crippen LogP contribution in [0.1, 0.15) is 5.56 Å². The number of rotatable bonds is 3. The minimum atomic E-state index is -2.22. The van der Waals surface area contributed by atoms with Crippen molar-refractivity contribution in [1.29, 1.82) is 0 Å². The second-order valence-corrected chi connectivity index (χ2v) is 2.35. The Labute approximate surface area is 59.8 Å². The van der Waals surface area contributed by atoms with Crippen molar-refractivity contribution in [2.75, 3.05) is 0 Å². The lowest BCUT2D eigenvalue weighted by Gasteiger charge is -2.03. The van der Waals surface area contributed by atoms with E-state index in [1.807, 2.05) is 0 Å². The lowest BCUT2D eigenvalue weighted by Crippen LogP contribution is -2.14. The van der Waals surface area contributed by atoms with Gasteiger partial charge in [0.15, 0.2) is 0 Å². The average molecular weight is 161 g/mol. The van der Waals surface area contributed by atoms with Crippen molar-refractivity contribution < 1.29 is 13.3 Å². The first-order valence-corrected chi connectivity index (χ1v) is 3.57. The van der Waals surface area contributed by atoms with E-state index in [1.165, 1.54) is 12.5 Å². The van der Waals surface area contributed by atoms with Crippen LogP contribution in [0, 0.1) is 0 Å². The molecule has 56 valence electrons. The van der Waals surface area contributed by atoms with Gasteiger partial charge in [0.2, 0.25) is 0 Å². The fraction of sp³-hybridized carbons (Fsp3) is 0.250. The summed E-state index contributed by atoms with van der Waals surface area (Å²) in [4.78, 5) is 0. The van der Waals surface area contributed by atoms with Gasteiger partial charge in [-0.05, 0) is 0 Å². The molecule has 5 nitrogen and oxygen atoms in total. The highest BCUT2D eigenvalue weighted by atomic mass is 32.2. The summed E-state index contributed by atoms with van der Waals surface area (Å²) in [6.45, 7) is 0.222. The molecule has 1 unspecified atom stereocenters. The Balaban J connectivity index is 2.35. The highest BCUT2D eigenvalue weighted by Crippen LogP contribution is 1.94. The molecule has 0 fully saturated rings. The molecule has 0 aromatic carbocycles. The zero-order chi connectivity index (χ0) is 7.40. The Kier molecular flexibility index (Phi) is 2.55. The van der Waals surface area contributed by atoms with Gasteiger partial charge in [-0.25, -0.2) is 4.72 Å². The summed E-state index contributed by atoms with van der Waals surface area (Å²) in [5, 5.41) is 3.38. The molecule has 0 bridgehead atoms. The van der Waals surface area contributed by atoms with Crippen LogP contribution < -0.4 is 4.72 Å². The maximum Gasteiger partial charge on any atom is 0.128 e. The quantitative estimate of drug-likeness (QED) is 0.609. The van der Waals surface area contributed by atoms with Crippen molar-refractivity contribution in [2.45, 2.75) is 6.54 Å². The highest BCUT2D eigenvalue weighted by Gasteiger charge is 1.92. The molecular formula is C4H5N2O3S-. The molecular weight excluding hydrogens is 156 g/mol. The van der Waals surface area contributed by atoms with E-state index in [-0.39, 0.29) is 6.54 Å². The first kappa shape index (κ1) is 7.39. The summed E-state index contributed by atoms with van der Waals surface area (Å²) in [6.07, 6.45) is 2.82. The smallest absolute Gasteiger partial charge is 0.128 e. The topological polar surface area (TPSA) is 78.2 Å². The first-order chi connectivity index (χ1) is 4.79. The van der Waals surface area contributed by atoms with Gasteiger partial charge in [-0.15, -0.1) is 0 Å². The maximum absolute atomic E-state index is 9.93. The molecule has 1 aromatic rings. The molecule has 1 aromatic heterocycles. The van der Waals surface area contributed by atoms with Crippen molar-refractivity contribution >= 4 is 11.3 Å². The van der Waals surface area contributed by atoms with Gasteiger partial charge in [0.25, 0.3) is 0 Å². The number of hydrogen-bond acceptors (Lipinski definition) is 4. The molecule has 1 heterocycles. The van der Waals surface area contributed by atoms with Crippen molar-refractivity contribution in [3.05, 3.63) is 18.0 Å². The van der Waals surface area contributed by atoms with Crippen LogP contribution in [0.2, 0.25) is 0 Å². The summed E-state index contributed by atoms with van der Waals surface area (Å²) < 4.78 is 26.5. The van der Waals surface area contributed by atoms with E-state index >= 15 is 0 Å². The van der Waals surface area contributed by atoms with Crippen LogP contribution in [-0.2, 0) is 17.8 Å². The maximum atomic E-state index is 9.93. The van der Waals surface area contributed by atoms with Crippen LogP contribution >= 0.6 is 0 Å². The summed E-state index contributed by atoms with van der Waals surface area (Å²) in [5.41, 5.74) is 0.698. The lowest BCUT2D eigenvalue weighted by atomic mass is 10.4. The van der Waals surface area contributed by atoms with Crippen LogP contribution in [0.15, 0.2) is 17.0 Å². The Bertz CT molecular complexity index is 210. The van der Waals surface area contributed by atoms with E-state index in [4.69, 9.17) is 0 Å². The normalized spacial score (nSPS) is 13.3. The van der Waals surface area contributed by atoms with Crippen molar-refractivity contribution in [3.63, 3.8) is 0 Å². The van der Waals surface area contributed by atoms with Crippen molar-refractivity contribution in [1.82, 2.24) is 9.88 Å². The van der Waals surface area contributed by atoms with Gasteiger partial charge >= 0.3 is 0 Å². The molecule has 0 saturated heterocycles. The SMILES string of the molecule is O=S([O-])NCc1cnoc1. The van der Waals surface area contributed by atoms with Gasteiger partial charge in [0, 0.05) is 23.4 Å². The van der Waals surface area contributed by atoms with E-state index < -0.39 is 11.3 Å². The van der Waals surface area contributed by atoms with Crippen molar-refractivity contribution in [2.24, 2.45) is 0 Å². The van der Waals surface area contributed by atoms with Gasteiger partial charge in [0.05, 0.1) is 6.20 Å². The molecule has 0 saturated carbocycles. The first-order valence-electron chi connectivity index (χ1n) is 2.50. The second-order valence-electron chi connectivity index (χ2n) is 1.59. The molecule has 0 spiro atoms. The van der Waals surface area contributed by atoms with Gasteiger partial charge in [-0.2, -0.15) is 0 Å². The Morgan fingerprint density at radius 3 is 3.20 bits per heavy atom. The molecule has 0 aliphatic rings. The molecule has 10 heavy (non-hydrogen) atoms. The van der Waals surface area contributed by atoms with E-state index in [0.29, 0.717) is 5.56 Å². The number of aromatic nitrogens is 1. The van der Waals surface area contributed by atoms with Gasteiger partial charge in [-0.3, -0.25) is 4.21 Å². The average Bonchev–Trinajstić information content (AvgIpc) is 2.34. The Hall–Kier alpha value is -0.720. The largest absolute Gasteiger partial charge is 0.760 e. The summed E-state index contributed by atoms with van der Waals surface area (Å²) in [6, 6.07) is 0. The van der Waals surface area contributed by atoms with E-state index in [0.717, 1.165) is 0 Å². The summed E-state index contributed by atoms with van der Waals surface area (Å²) >= 11 is -2.22. The van der Waals surface area contributed by atoms with Crippen LogP contribution in [0.5, 0.6) is 0 Å². The number of nitrogens with zero attached hydrogens (tertiary/aromatic N) is 1. The van der Waals surface area contributed by atoms with Crippen molar-refractivity contribution in [3.8, 4) is 0 Å². The zero-order valence-electron chi connectivity index (χ0n) is 4.94. The standard InChI is InChI=1S/C4H6N2O3S/c7-10(8)6-2-4-1-5-9-3-4/h1,3,6H,2H2,(H,7,8)/p-1. The van der Waals surface area contributed by atoms with E-state index in [9.17, 15) is 8.76 Å². The van der Waals surface area contributed by atoms with E-state index in [2.05, 4.69) is 14.4 Å². The molecule has 1 N–H and O–H groups in total. The monoisotopic (exact) mass is 161 g/mol. The molecule has 1 atom stereocenters. The minimum Gasteiger partial charge on any atom is -0.760 e. The number of hydrogen-bond donors (Lipinski definition) is 1. The molecule has 6 heteroatoms. The van der Waals surface area contributed by atoms with Crippen LogP contribution in [0.3, 0.4) is 0 Å². The predicted molar refractivity (Wildman–Crippen MR) is 32.3 cm³/mol. The van der Waals surface area contributed by atoms with Crippen LogP contribution in [-0.4, -0.2) is 13.9 Å². The van der Waals surface area contributed by atoms with Crippen LogP contribution in [0.25, 0.3) is 0 Å².